The van der Waals surface area contributed by atoms with Crippen LogP contribution >= 0.6 is 0 Å². The summed E-state index contributed by atoms with van der Waals surface area (Å²) < 4.78 is 101. The fraction of sp³-hybridized carbons (Fsp3) is 0.625. The molecular formula is C32H38F6O3. The van der Waals surface area contributed by atoms with Crippen LogP contribution in [-0.4, -0.2) is 25.6 Å². The van der Waals surface area contributed by atoms with Crippen LogP contribution in [0.3, 0.4) is 0 Å². The highest BCUT2D eigenvalue weighted by atomic mass is 19.3. The molecule has 1 saturated heterocycles. The Morgan fingerprint density at radius 3 is 1.98 bits per heavy atom. The standard InChI is InChI=1S/C32H38F6O3/c1-2-3-19-17-39-31(40-18-19)22-6-4-20(5-7-22)23-10-13-26(27(33)14-23)21-8-11-24(12-9-21)32(37,38)41-25-15-28(34)30(36)29(35)16-25/h10,13-16,19-22,24,31H,2-9,11-12,17-18H2,1H3. The lowest BCUT2D eigenvalue weighted by Crippen LogP contribution is -2.38. The molecule has 1 aliphatic heterocycles. The molecule has 2 saturated carbocycles. The Balaban J connectivity index is 1.12. The first-order valence-electron chi connectivity index (χ1n) is 14.9. The second-order valence-corrected chi connectivity index (χ2v) is 12.0. The molecule has 2 aromatic carbocycles. The number of ether oxygens (including phenoxy) is 3. The van der Waals surface area contributed by atoms with Crippen molar-refractivity contribution in [3.8, 4) is 5.75 Å². The molecule has 0 spiro atoms. The Kier molecular flexibility index (Phi) is 9.53. The minimum atomic E-state index is -3.70. The molecule has 0 bridgehead atoms. The molecule has 1 heterocycles. The molecule has 0 N–H and O–H groups in total. The summed E-state index contributed by atoms with van der Waals surface area (Å²) in [7, 11) is 0. The van der Waals surface area contributed by atoms with Gasteiger partial charge in [0.2, 0.25) is 0 Å². The second-order valence-electron chi connectivity index (χ2n) is 12.0. The largest absolute Gasteiger partial charge is 0.432 e. The first-order valence-corrected chi connectivity index (χ1v) is 14.9. The number of alkyl halides is 2. The first kappa shape index (κ1) is 30.2. The maximum Gasteiger partial charge on any atom is 0.400 e. The zero-order valence-electron chi connectivity index (χ0n) is 23.3. The summed E-state index contributed by atoms with van der Waals surface area (Å²) >= 11 is 0. The third-order valence-corrected chi connectivity index (χ3v) is 9.20. The molecule has 0 unspecified atom stereocenters. The lowest BCUT2D eigenvalue weighted by atomic mass is 9.76. The average Bonchev–Trinajstić information content (AvgIpc) is 2.96. The van der Waals surface area contributed by atoms with Gasteiger partial charge in [-0.1, -0.05) is 25.5 Å². The van der Waals surface area contributed by atoms with Gasteiger partial charge < -0.3 is 14.2 Å². The maximum absolute atomic E-state index is 15.3. The quantitative estimate of drug-likeness (QED) is 0.229. The molecule has 2 aliphatic carbocycles. The third-order valence-electron chi connectivity index (χ3n) is 9.20. The fourth-order valence-electron chi connectivity index (χ4n) is 6.83. The SMILES string of the molecule is CCCC1COC(C2CCC(c3ccc(C4CCC(C(F)(F)Oc5cc(F)c(F)c(F)c5)CC4)c(F)c3)CC2)OC1. The molecule has 41 heavy (non-hydrogen) atoms. The molecule has 3 fully saturated rings. The predicted molar refractivity (Wildman–Crippen MR) is 142 cm³/mol. The third kappa shape index (κ3) is 7.04. The van der Waals surface area contributed by atoms with Crippen LogP contribution in [0.5, 0.6) is 5.75 Å². The zero-order valence-corrected chi connectivity index (χ0v) is 23.3. The van der Waals surface area contributed by atoms with Gasteiger partial charge in [0.25, 0.3) is 0 Å². The Bertz CT molecular complexity index is 1140. The van der Waals surface area contributed by atoms with E-state index in [9.17, 15) is 22.0 Å². The van der Waals surface area contributed by atoms with Crippen molar-refractivity contribution >= 4 is 0 Å². The van der Waals surface area contributed by atoms with Gasteiger partial charge in [-0.3, -0.25) is 0 Å². The van der Waals surface area contributed by atoms with E-state index in [4.69, 9.17) is 9.47 Å². The van der Waals surface area contributed by atoms with Crippen LogP contribution < -0.4 is 4.74 Å². The van der Waals surface area contributed by atoms with Gasteiger partial charge in [0.05, 0.1) is 19.1 Å². The van der Waals surface area contributed by atoms with Crippen LogP contribution in [0, 0.1) is 41.0 Å². The van der Waals surface area contributed by atoms with E-state index in [1.807, 2.05) is 6.07 Å². The van der Waals surface area contributed by atoms with Crippen LogP contribution in [0.15, 0.2) is 30.3 Å². The Labute approximate surface area is 237 Å². The number of hydrogen-bond acceptors (Lipinski definition) is 3. The van der Waals surface area contributed by atoms with E-state index in [0.717, 1.165) is 57.3 Å². The minimum Gasteiger partial charge on any atom is -0.432 e. The molecular weight excluding hydrogens is 546 g/mol. The van der Waals surface area contributed by atoms with E-state index >= 15 is 4.39 Å². The van der Waals surface area contributed by atoms with Crippen LogP contribution in [0.4, 0.5) is 26.3 Å². The van der Waals surface area contributed by atoms with Gasteiger partial charge in [-0.15, -0.1) is 0 Å². The van der Waals surface area contributed by atoms with Crippen molar-refractivity contribution in [1.82, 2.24) is 0 Å². The molecule has 3 aliphatic rings. The van der Waals surface area contributed by atoms with Crippen LogP contribution in [-0.2, 0) is 9.47 Å². The molecule has 0 aromatic heterocycles. The van der Waals surface area contributed by atoms with Crippen molar-refractivity contribution in [3.63, 3.8) is 0 Å². The van der Waals surface area contributed by atoms with Crippen molar-refractivity contribution in [2.24, 2.45) is 17.8 Å². The average molecular weight is 585 g/mol. The molecule has 5 rings (SSSR count). The highest BCUT2D eigenvalue weighted by molar-refractivity contribution is 5.30. The van der Waals surface area contributed by atoms with Gasteiger partial charge in [-0.2, -0.15) is 8.78 Å². The summed E-state index contributed by atoms with van der Waals surface area (Å²) in [4.78, 5) is 0. The highest BCUT2D eigenvalue weighted by Crippen LogP contribution is 2.45. The molecule has 226 valence electrons. The van der Waals surface area contributed by atoms with Gasteiger partial charge in [-0.05, 0) is 86.8 Å². The maximum atomic E-state index is 15.3. The van der Waals surface area contributed by atoms with Crippen molar-refractivity contribution < 1.29 is 40.6 Å². The van der Waals surface area contributed by atoms with Gasteiger partial charge in [0.1, 0.15) is 11.6 Å². The van der Waals surface area contributed by atoms with Crippen molar-refractivity contribution in [1.29, 1.82) is 0 Å². The normalized spacial score (nSPS) is 29.3. The summed E-state index contributed by atoms with van der Waals surface area (Å²) in [5.74, 6) is -6.34. The number of halogens is 6. The first-order chi connectivity index (χ1) is 19.6. The van der Waals surface area contributed by atoms with Gasteiger partial charge >= 0.3 is 6.11 Å². The predicted octanol–water partition coefficient (Wildman–Crippen LogP) is 9.25. The van der Waals surface area contributed by atoms with Gasteiger partial charge in [0.15, 0.2) is 23.7 Å². The Morgan fingerprint density at radius 2 is 1.39 bits per heavy atom. The summed E-state index contributed by atoms with van der Waals surface area (Å²) in [5, 5.41) is 0. The fourth-order valence-corrected chi connectivity index (χ4v) is 6.83. The molecule has 2 aromatic rings. The summed E-state index contributed by atoms with van der Waals surface area (Å²) in [6, 6.07) is 6.17. The molecule has 0 radical (unpaired) electrons. The topological polar surface area (TPSA) is 27.7 Å². The number of rotatable bonds is 8. The van der Waals surface area contributed by atoms with Gasteiger partial charge in [0, 0.05) is 24.0 Å². The van der Waals surface area contributed by atoms with Gasteiger partial charge in [-0.25, -0.2) is 17.6 Å². The van der Waals surface area contributed by atoms with E-state index in [-0.39, 0.29) is 36.8 Å². The molecule has 3 nitrogen and oxygen atoms in total. The van der Waals surface area contributed by atoms with Crippen molar-refractivity contribution in [2.45, 2.75) is 95.4 Å². The van der Waals surface area contributed by atoms with E-state index < -0.39 is 35.2 Å². The summed E-state index contributed by atoms with van der Waals surface area (Å²) in [5.41, 5.74) is 1.49. The van der Waals surface area contributed by atoms with Crippen LogP contribution in [0.2, 0.25) is 0 Å². The monoisotopic (exact) mass is 584 g/mol. The summed E-state index contributed by atoms with van der Waals surface area (Å²) in [6.45, 7) is 3.68. The molecule has 0 amide bonds. The van der Waals surface area contributed by atoms with Crippen LogP contribution in [0.1, 0.15) is 94.1 Å². The second kappa shape index (κ2) is 12.9. The number of hydrogen-bond donors (Lipinski definition) is 0. The van der Waals surface area contributed by atoms with Crippen molar-refractivity contribution in [3.05, 3.63) is 64.7 Å². The molecule has 9 heteroatoms. The summed E-state index contributed by atoms with van der Waals surface area (Å²) in [6.07, 6.45) is 2.98. The van der Waals surface area contributed by atoms with E-state index in [2.05, 4.69) is 11.7 Å². The Morgan fingerprint density at radius 1 is 0.780 bits per heavy atom. The van der Waals surface area contributed by atoms with Crippen LogP contribution in [0.25, 0.3) is 0 Å². The van der Waals surface area contributed by atoms with E-state index in [0.29, 0.717) is 42.4 Å². The van der Waals surface area contributed by atoms with E-state index in [1.54, 1.807) is 12.1 Å². The minimum absolute atomic E-state index is 0.0551. The highest BCUT2D eigenvalue weighted by Gasteiger charge is 2.44. The smallest absolute Gasteiger partial charge is 0.400 e. The molecule has 0 atom stereocenters. The lowest BCUT2D eigenvalue weighted by molar-refractivity contribution is -0.229. The Hall–Kier alpha value is -2.26. The lowest BCUT2D eigenvalue weighted by Gasteiger charge is -2.37. The number of benzene rings is 2. The van der Waals surface area contributed by atoms with Crippen molar-refractivity contribution in [2.75, 3.05) is 13.2 Å². The zero-order chi connectivity index (χ0) is 29.1. The van der Waals surface area contributed by atoms with E-state index in [1.165, 1.54) is 0 Å².